The monoisotopic (exact) mass is 377 g/mol. The van der Waals surface area contributed by atoms with Crippen molar-refractivity contribution >= 4 is 17.7 Å². The van der Waals surface area contributed by atoms with Crippen molar-refractivity contribution in [3.8, 4) is 0 Å². The highest BCUT2D eigenvalue weighted by Gasteiger charge is 2.40. The van der Waals surface area contributed by atoms with Crippen LogP contribution in [0.25, 0.3) is 0 Å². The highest BCUT2D eigenvalue weighted by Crippen LogP contribution is 2.32. The lowest BCUT2D eigenvalue weighted by atomic mass is 9.89. The number of carbonyl (C=O) groups excluding carboxylic acids is 3. The Morgan fingerprint density at radius 2 is 1.75 bits per heavy atom. The molecule has 4 rings (SSSR count). The van der Waals surface area contributed by atoms with E-state index in [4.69, 9.17) is 5.73 Å². The summed E-state index contributed by atoms with van der Waals surface area (Å²) in [6.45, 7) is 3.21. The normalized spacial score (nSPS) is 21.4. The minimum absolute atomic E-state index is 0.163. The Morgan fingerprint density at radius 3 is 2.46 bits per heavy atom. The average Bonchev–Trinajstić information content (AvgIpc) is 3.24. The standard InChI is InChI=1S/C22H23N3O3/c1-14-7-8-17-18(9-14)22(28)25(21(17)27)13-20(26)24-11-16(10-23)19(12-24)15-5-3-2-4-6-15/h2-9,16,19H,10-13,23H2,1H3/t16-,19+/m1/s1. The van der Waals surface area contributed by atoms with Crippen molar-refractivity contribution in [3.05, 3.63) is 70.8 Å². The summed E-state index contributed by atoms with van der Waals surface area (Å²) in [4.78, 5) is 40.9. The molecule has 0 radical (unpaired) electrons. The smallest absolute Gasteiger partial charge is 0.262 e. The summed E-state index contributed by atoms with van der Waals surface area (Å²) in [5, 5.41) is 0. The molecule has 0 bridgehead atoms. The number of rotatable bonds is 4. The van der Waals surface area contributed by atoms with Gasteiger partial charge in [-0.2, -0.15) is 0 Å². The molecule has 0 aromatic heterocycles. The number of fused-ring (bicyclic) bond motifs is 1. The number of likely N-dealkylation sites (tertiary alicyclic amines) is 1. The molecule has 0 spiro atoms. The number of imide groups is 1. The number of nitrogens with zero attached hydrogens (tertiary/aromatic N) is 2. The molecule has 28 heavy (non-hydrogen) atoms. The third kappa shape index (κ3) is 3.10. The van der Waals surface area contributed by atoms with Crippen molar-refractivity contribution in [2.75, 3.05) is 26.2 Å². The van der Waals surface area contributed by atoms with Gasteiger partial charge in [-0.1, -0.05) is 42.0 Å². The molecule has 0 unspecified atom stereocenters. The highest BCUT2D eigenvalue weighted by atomic mass is 16.2. The molecule has 0 aliphatic carbocycles. The van der Waals surface area contributed by atoms with E-state index in [0.717, 1.165) is 16.0 Å². The van der Waals surface area contributed by atoms with Crippen LogP contribution in [0.15, 0.2) is 48.5 Å². The van der Waals surface area contributed by atoms with Crippen LogP contribution in [0.3, 0.4) is 0 Å². The van der Waals surface area contributed by atoms with E-state index in [0.29, 0.717) is 30.8 Å². The van der Waals surface area contributed by atoms with Gasteiger partial charge < -0.3 is 10.6 Å². The van der Waals surface area contributed by atoms with Gasteiger partial charge in [-0.25, -0.2) is 0 Å². The quantitative estimate of drug-likeness (QED) is 0.824. The predicted octanol–water partition coefficient (Wildman–Crippen LogP) is 1.79. The van der Waals surface area contributed by atoms with E-state index >= 15 is 0 Å². The topological polar surface area (TPSA) is 83.7 Å². The number of hydrogen-bond donors (Lipinski definition) is 1. The van der Waals surface area contributed by atoms with Crippen molar-refractivity contribution in [2.24, 2.45) is 11.7 Å². The van der Waals surface area contributed by atoms with Crippen molar-refractivity contribution in [3.63, 3.8) is 0 Å². The van der Waals surface area contributed by atoms with E-state index in [1.807, 2.05) is 37.3 Å². The fourth-order valence-electron chi connectivity index (χ4n) is 4.18. The van der Waals surface area contributed by atoms with Gasteiger partial charge in [-0.05, 0) is 37.1 Å². The Kier molecular flexibility index (Phi) is 4.73. The SMILES string of the molecule is Cc1ccc2c(c1)C(=O)N(CC(=O)N1C[C@@H](CN)[C@H](c3ccccc3)C1)C2=O. The summed E-state index contributed by atoms with van der Waals surface area (Å²) in [7, 11) is 0. The van der Waals surface area contributed by atoms with Crippen molar-refractivity contribution in [1.82, 2.24) is 9.80 Å². The summed E-state index contributed by atoms with van der Waals surface area (Å²) in [5.74, 6) is -0.687. The molecular weight excluding hydrogens is 354 g/mol. The van der Waals surface area contributed by atoms with Crippen LogP contribution in [-0.2, 0) is 4.79 Å². The Bertz CT molecular complexity index is 941. The molecule has 2 aromatic rings. The van der Waals surface area contributed by atoms with Crippen LogP contribution in [-0.4, -0.2) is 53.7 Å². The maximum Gasteiger partial charge on any atom is 0.262 e. The van der Waals surface area contributed by atoms with Gasteiger partial charge in [0.15, 0.2) is 0 Å². The van der Waals surface area contributed by atoms with E-state index in [-0.39, 0.29) is 24.3 Å². The summed E-state index contributed by atoms with van der Waals surface area (Å²) >= 11 is 0. The maximum absolute atomic E-state index is 12.9. The van der Waals surface area contributed by atoms with Crippen LogP contribution >= 0.6 is 0 Å². The zero-order valence-electron chi connectivity index (χ0n) is 15.8. The molecule has 2 aliphatic rings. The number of nitrogens with two attached hydrogens (primary N) is 1. The molecule has 2 aromatic carbocycles. The van der Waals surface area contributed by atoms with Gasteiger partial charge in [0.05, 0.1) is 11.1 Å². The molecule has 2 aliphatic heterocycles. The van der Waals surface area contributed by atoms with Crippen LogP contribution < -0.4 is 5.73 Å². The van der Waals surface area contributed by atoms with Crippen molar-refractivity contribution in [1.29, 1.82) is 0 Å². The fourth-order valence-corrected chi connectivity index (χ4v) is 4.18. The zero-order valence-corrected chi connectivity index (χ0v) is 15.8. The highest BCUT2D eigenvalue weighted by molar-refractivity contribution is 6.22. The number of carbonyl (C=O) groups is 3. The lowest BCUT2D eigenvalue weighted by Gasteiger charge is -2.20. The second kappa shape index (κ2) is 7.20. The van der Waals surface area contributed by atoms with Gasteiger partial charge in [0, 0.05) is 19.0 Å². The van der Waals surface area contributed by atoms with Crippen LogP contribution in [0, 0.1) is 12.8 Å². The minimum atomic E-state index is -0.400. The summed E-state index contributed by atoms with van der Waals surface area (Å²) in [5.41, 5.74) is 8.75. The molecule has 2 atom stereocenters. The third-order valence-corrected chi connectivity index (χ3v) is 5.74. The molecule has 2 N–H and O–H groups in total. The Hall–Kier alpha value is -2.99. The molecule has 0 saturated carbocycles. The van der Waals surface area contributed by atoms with Gasteiger partial charge in [0.2, 0.25) is 5.91 Å². The molecule has 6 nitrogen and oxygen atoms in total. The van der Waals surface area contributed by atoms with Crippen LogP contribution in [0.4, 0.5) is 0 Å². The van der Waals surface area contributed by atoms with Gasteiger partial charge in [-0.3, -0.25) is 19.3 Å². The number of amides is 3. The predicted molar refractivity (Wildman–Crippen MR) is 105 cm³/mol. The molecule has 6 heteroatoms. The number of aryl methyl sites for hydroxylation is 1. The first-order valence-corrected chi connectivity index (χ1v) is 9.49. The van der Waals surface area contributed by atoms with Gasteiger partial charge >= 0.3 is 0 Å². The molecule has 1 fully saturated rings. The Morgan fingerprint density at radius 1 is 1.04 bits per heavy atom. The largest absolute Gasteiger partial charge is 0.340 e. The first kappa shape index (κ1) is 18.4. The number of hydrogen-bond acceptors (Lipinski definition) is 4. The molecule has 2 heterocycles. The lowest BCUT2D eigenvalue weighted by Crippen LogP contribution is -2.42. The Labute approximate surface area is 163 Å². The molecular formula is C22H23N3O3. The average molecular weight is 377 g/mol. The van der Waals surface area contributed by atoms with Crippen LogP contribution in [0.5, 0.6) is 0 Å². The van der Waals surface area contributed by atoms with E-state index in [2.05, 4.69) is 0 Å². The lowest BCUT2D eigenvalue weighted by molar-refractivity contribution is -0.130. The van der Waals surface area contributed by atoms with Gasteiger partial charge in [0.1, 0.15) is 6.54 Å². The van der Waals surface area contributed by atoms with Crippen molar-refractivity contribution in [2.45, 2.75) is 12.8 Å². The second-order valence-electron chi connectivity index (χ2n) is 7.56. The van der Waals surface area contributed by atoms with E-state index in [1.54, 1.807) is 23.1 Å². The van der Waals surface area contributed by atoms with E-state index < -0.39 is 11.8 Å². The van der Waals surface area contributed by atoms with Gasteiger partial charge in [-0.15, -0.1) is 0 Å². The van der Waals surface area contributed by atoms with Crippen LogP contribution in [0.1, 0.15) is 37.8 Å². The zero-order chi connectivity index (χ0) is 19.8. The molecule has 3 amide bonds. The minimum Gasteiger partial charge on any atom is -0.340 e. The second-order valence-corrected chi connectivity index (χ2v) is 7.56. The first-order valence-electron chi connectivity index (χ1n) is 9.49. The fraction of sp³-hybridized carbons (Fsp3) is 0.318. The molecule has 1 saturated heterocycles. The molecule has 144 valence electrons. The Balaban J connectivity index is 1.49. The summed E-state index contributed by atoms with van der Waals surface area (Å²) < 4.78 is 0. The van der Waals surface area contributed by atoms with Crippen molar-refractivity contribution < 1.29 is 14.4 Å². The summed E-state index contributed by atoms with van der Waals surface area (Å²) in [6.07, 6.45) is 0. The van der Waals surface area contributed by atoms with E-state index in [9.17, 15) is 14.4 Å². The first-order chi connectivity index (χ1) is 13.5. The number of benzene rings is 2. The van der Waals surface area contributed by atoms with E-state index in [1.165, 1.54) is 0 Å². The summed E-state index contributed by atoms with van der Waals surface area (Å²) in [6, 6.07) is 15.2. The third-order valence-electron chi connectivity index (χ3n) is 5.74. The maximum atomic E-state index is 12.9. The van der Waals surface area contributed by atoms with Crippen LogP contribution in [0.2, 0.25) is 0 Å². The van der Waals surface area contributed by atoms with Gasteiger partial charge in [0.25, 0.3) is 11.8 Å².